The topological polar surface area (TPSA) is 37.3 Å². The molecule has 0 radical (unpaired) electrons. The smallest absolute Gasteiger partial charge is 0.311 e. The molecule has 78 valence electrons. The normalized spacial score (nSPS) is 20.1. The van der Waals surface area contributed by atoms with Crippen LogP contribution in [0.2, 0.25) is 0 Å². The van der Waals surface area contributed by atoms with Crippen LogP contribution >= 0.6 is 11.8 Å². The average Bonchev–Trinajstić information content (AvgIpc) is 2.68. The molecule has 1 unspecified atom stereocenters. The first kappa shape index (κ1) is 10.3. The van der Waals surface area contributed by atoms with Crippen molar-refractivity contribution in [2.75, 3.05) is 5.75 Å². The summed E-state index contributed by atoms with van der Waals surface area (Å²) in [7, 11) is 0. The average molecular weight is 220 g/mol. The van der Waals surface area contributed by atoms with E-state index >= 15 is 0 Å². The Morgan fingerprint density at radius 3 is 2.60 bits per heavy atom. The maximum absolute atomic E-state index is 10.8. The van der Waals surface area contributed by atoms with Gasteiger partial charge >= 0.3 is 5.97 Å². The molecular weight excluding hydrogens is 208 g/mol. The number of aryl methyl sites for hydroxylation is 1. The van der Waals surface area contributed by atoms with E-state index in [0.717, 1.165) is 10.5 Å². The van der Waals surface area contributed by atoms with Crippen molar-refractivity contribution < 1.29 is 9.90 Å². The molecule has 15 heavy (non-hydrogen) atoms. The van der Waals surface area contributed by atoms with Crippen molar-refractivity contribution in [1.29, 1.82) is 0 Å². The van der Waals surface area contributed by atoms with Crippen molar-refractivity contribution in [1.82, 2.24) is 0 Å². The van der Waals surface area contributed by atoms with E-state index in [4.69, 9.17) is 5.11 Å². The summed E-state index contributed by atoms with van der Waals surface area (Å²) in [4.78, 5) is 11.9. The molecule has 0 aliphatic carbocycles. The quantitative estimate of drug-likeness (QED) is 0.832. The lowest BCUT2D eigenvalue weighted by Crippen LogP contribution is -2.10. The summed E-state index contributed by atoms with van der Waals surface area (Å²) in [6, 6.07) is 8.17. The molecule has 3 heteroatoms. The Morgan fingerprint density at radius 2 is 2.07 bits per heavy atom. The maximum Gasteiger partial charge on any atom is 0.311 e. The Balaban J connectivity index is 2.22. The summed E-state index contributed by atoms with van der Waals surface area (Å²) in [6.45, 7) is 2.04. The van der Waals surface area contributed by atoms with Crippen LogP contribution in [0.25, 0.3) is 4.91 Å². The Bertz CT molecular complexity index is 406. The number of carboxylic acids is 1. The van der Waals surface area contributed by atoms with Gasteiger partial charge in [0.15, 0.2) is 0 Å². The number of aliphatic carboxylic acids is 1. The minimum absolute atomic E-state index is 0.327. The van der Waals surface area contributed by atoms with Gasteiger partial charge in [-0.2, -0.15) is 0 Å². The monoisotopic (exact) mass is 220 g/mol. The van der Waals surface area contributed by atoms with Crippen LogP contribution < -0.4 is 0 Å². The van der Waals surface area contributed by atoms with Crippen molar-refractivity contribution in [3.05, 3.63) is 41.5 Å². The van der Waals surface area contributed by atoms with Gasteiger partial charge in [-0.05, 0) is 12.5 Å². The van der Waals surface area contributed by atoms with E-state index < -0.39 is 5.97 Å². The lowest BCUT2D eigenvalue weighted by atomic mass is 10.1. The lowest BCUT2D eigenvalue weighted by Gasteiger charge is -2.00. The van der Waals surface area contributed by atoms with Gasteiger partial charge in [-0.3, -0.25) is 4.79 Å². The molecule has 1 aliphatic rings. The molecule has 0 amide bonds. The minimum Gasteiger partial charge on any atom is -0.481 e. The summed E-state index contributed by atoms with van der Waals surface area (Å²) in [5.74, 6) is -0.408. The minimum atomic E-state index is -0.732. The third kappa shape index (κ3) is 2.23. The number of carboxylic acid groups (broad SMARTS) is 1. The fourth-order valence-electron chi connectivity index (χ4n) is 1.50. The fraction of sp³-hybridized carbons (Fsp3) is 0.250. The molecule has 1 aliphatic heterocycles. The molecule has 0 saturated heterocycles. The zero-order valence-electron chi connectivity index (χ0n) is 8.43. The van der Waals surface area contributed by atoms with E-state index in [1.54, 1.807) is 11.8 Å². The Morgan fingerprint density at radius 1 is 1.40 bits per heavy atom. The highest BCUT2D eigenvalue weighted by atomic mass is 32.2. The summed E-state index contributed by atoms with van der Waals surface area (Å²) in [6.07, 6.45) is 1.84. The molecule has 0 saturated carbocycles. The van der Waals surface area contributed by atoms with Crippen LogP contribution in [0.3, 0.4) is 0 Å². The van der Waals surface area contributed by atoms with E-state index in [9.17, 15) is 4.79 Å². The summed E-state index contributed by atoms with van der Waals surface area (Å²) >= 11 is 1.62. The van der Waals surface area contributed by atoms with Gasteiger partial charge in [-0.25, -0.2) is 0 Å². The van der Waals surface area contributed by atoms with Gasteiger partial charge in [0.25, 0.3) is 0 Å². The standard InChI is InChI=1S/C12H12O2S/c1-8-2-4-9(5-3-8)11-6-10(7-15-11)12(13)14/h2-6,10H,7H2,1H3,(H,13,14). The van der Waals surface area contributed by atoms with E-state index in [-0.39, 0.29) is 5.92 Å². The highest BCUT2D eigenvalue weighted by Gasteiger charge is 2.23. The maximum atomic E-state index is 10.8. The van der Waals surface area contributed by atoms with Crippen molar-refractivity contribution in [2.24, 2.45) is 5.92 Å². The molecule has 1 N–H and O–H groups in total. The van der Waals surface area contributed by atoms with Crippen LogP contribution in [0.15, 0.2) is 30.3 Å². The molecular formula is C12H12O2S. The molecule has 0 bridgehead atoms. The molecule has 0 spiro atoms. The van der Waals surface area contributed by atoms with Crippen molar-refractivity contribution in [2.45, 2.75) is 6.92 Å². The summed E-state index contributed by atoms with van der Waals surface area (Å²) < 4.78 is 0. The molecule has 0 fully saturated rings. The molecule has 1 aromatic carbocycles. The second-order valence-corrected chi connectivity index (χ2v) is 4.71. The van der Waals surface area contributed by atoms with Crippen LogP contribution in [0.1, 0.15) is 11.1 Å². The second kappa shape index (κ2) is 4.11. The largest absolute Gasteiger partial charge is 0.481 e. The number of rotatable bonds is 2. The van der Waals surface area contributed by atoms with Crippen molar-refractivity contribution in [3.8, 4) is 0 Å². The number of hydrogen-bond donors (Lipinski definition) is 1. The number of benzene rings is 1. The predicted molar refractivity (Wildman–Crippen MR) is 62.7 cm³/mol. The Labute approximate surface area is 93.0 Å². The molecule has 1 atom stereocenters. The summed E-state index contributed by atoms with van der Waals surface area (Å²) in [5, 5.41) is 8.86. The number of thioether (sulfide) groups is 1. The van der Waals surface area contributed by atoms with E-state index in [1.165, 1.54) is 5.56 Å². The van der Waals surface area contributed by atoms with Gasteiger partial charge in [-0.15, -0.1) is 11.8 Å². The van der Waals surface area contributed by atoms with Gasteiger partial charge in [0, 0.05) is 10.7 Å². The molecule has 2 nitrogen and oxygen atoms in total. The van der Waals surface area contributed by atoms with Crippen LogP contribution in [-0.4, -0.2) is 16.8 Å². The predicted octanol–water partition coefficient (Wildman–Crippen LogP) is 2.78. The highest BCUT2D eigenvalue weighted by Crippen LogP contribution is 2.36. The Kier molecular flexibility index (Phi) is 2.82. The van der Waals surface area contributed by atoms with Crippen LogP contribution in [0.4, 0.5) is 0 Å². The first-order valence-electron chi connectivity index (χ1n) is 4.81. The van der Waals surface area contributed by atoms with Crippen LogP contribution in [0.5, 0.6) is 0 Å². The first-order chi connectivity index (χ1) is 7.16. The molecule has 2 rings (SSSR count). The zero-order chi connectivity index (χ0) is 10.8. The van der Waals surface area contributed by atoms with Crippen molar-refractivity contribution in [3.63, 3.8) is 0 Å². The van der Waals surface area contributed by atoms with Crippen LogP contribution in [-0.2, 0) is 4.79 Å². The van der Waals surface area contributed by atoms with E-state index in [2.05, 4.69) is 0 Å². The van der Waals surface area contributed by atoms with E-state index in [0.29, 0.717) is 5.75 Å². The van der Waals surface area contributed by atoms with Gasteiger partial charge < -0.3 is 5.11 Å². The number of hydrogen-bond acceptors (Lipinski definition) is 2. The van der Waals surface area contributed by atoms with Gasteiger partial charge in [0.05, 0.1) is 5.92 Å². The second-order valence-electron chi connectivity index (χ2n) is 3.65. The fourth-order valence-corrected chi connectivity index (χ4v) is 2.66. The third-order valence-electron chi connectivity index (χ3n) is 2.42. The van der Waals surface area contributed by atoms with Gasteiger partial charge in [0.1, 0.15) is 0 Å². The zero-order valence-corrected chi connectivity index (χ0v) is 9.25. The molecule has 1 heterocycles. The third-order valence-corrected chi connectivity index (χ3v) is 3.63. The Hall–Kier alpha value is -1.22. The summed E-state index contributed by atoms with van der Waals surface area (Å²) in [5.41, 5.74) is 2.34. The number of carbonyl (C=O) groups is 1. The van der Waals surface area contributed by atoms with E-state index in [1.807, 2.05) is 37.3 Å². The molecule has 0 aromatic heterocycles. The lowest BCUT2D eigenvalue weighted by molar-refractivity contribution is -0.139. The van der Waals surface area contributed by atoms with Gasteiger partial charge in [-0.1, -0.05) is 35.9 Å². The highest BCUT2D eigenvalue weighted by molar-refractivity contribution is 8.08. The van der Waals surface area contributed by atoms with Crippen molar-refractivity contribution >= 4 is 22.6 Å². The van der Waals surface area contributed by atoms with Gasteiger partial charge in [0.2, 0.25) is 0 Å². The first-order valence-corrected chi connectivity index (χ1v) is 5.80. The van der Waals surface area contributed by atoms with Crippen LogP contribution in [0, 0.1) is 12.8 Å². The molecule has 1 aromatic rings. The SMILES string of the molecule is Cc1ccc(C2=CC(C(=O)O)CS2)cc1.